The Morgan fingerprint density at radius 1 is 1.00 bits per heavy atom. The summed E-state index contributed by atoms with van der Waals surface area (Å²) >= 11 is 0. The van der Waals surface area contributed by atoms with Crippen LogP contribution in [0.2, 0.25) is 0 Å². The highest BCUT2D eigenvalue weighted by Gasteiger charge is 2.51. The quantitative estimate of drug-likeness (QED) is 0.510. The van der Waals surface area contributed by atoms with Gasteiger partial charge >= 0.3 is 13.2 Å². The molecular weight excluding hydrogens is 417 g/mol. The van der Waals surface area contributed by atoms with Crippen LogP contribution in [0.15, 0.2) is 42.5 Å². The lowest BCUT2D eigenvalue weighted by Crippen LogP contribution is -2.43. The van der Waals surface area contributed by atoms with Crippen molar-refractivity contribution in [1.29, 1.82) is 0 Å². The molecule has 3 N–H and O–H groups in total. The number of benzene rings is 2. The van der Waals surface area contributed by atoms with Crippen molar-refractivity contribution < 1.29 is 19.2 Å². The average molecular weight is 447 g/mol. The zero-order chi connectivity index (χ0) is 23.4. The Morgan fingerprint density at radius 3 is 2.21 bits per heavy atom. The highest BCUT2D eigenvalue weighted by molar-refractivity contribution is 6.62. The van der Waals surface area contributed by atoms with Gasteiger partial charge in [-0.2, -0.15) is 0 Å². The predicted octanol–water partition coefficient (Wildman–Crippen LogP) is 4.57. The molecule has 5 rings (SSSR count). The SMILES string of the molecule is CC1(C)OB(c2ccc(-c3ccc4[nH]c(C5(NC(=O)O)CCCC5)nc4c3)cc2)OC1(C)C. The van der Waals surface area contributed by atoms with Crippen molar-refractivity contribution in [2.45, 2.75) is 70.1 Å². The molecule has 2 heterocycles. The Bertz CT molecular complexity index is 1180. The smallest absolute Gasteiger partial charge is 0.465 e. The van der Waals surface area contributed by atoms with Crippen LogP contribution in [0.3, 0.4) is 0 Å². The Morgan fingerprint density at radius 2 is 1.61 bits per heavy atom. The van der Waals surface area contributed by atoms with Gasteiger partial charge in [0, 0.05) is 0 Å². The minimum Gasteiger partial charge on any atom is -0.465 e. The average Bonchev–Trinajstić information content (AvgIpc) is 3.44. The molecule has 2 aromatic carbocycles. The van der Waals surface area contributed by atoms with Crippen molar-refractivity contribution in [3.8, 4) is 11.1 Å². The zero-order valence-corrected chi connectivity index (χ0v) is 19.6. The number of nitrogens with zero attached hydrogens (tertiary/aromatic N) is 1. The van der Waals surface area contributed by atoms with E-state index < -0.39 is 11.6 Å². The summed E-state index contributed by atoms with van der Waals surface area (Å²) in [5, 5.41) is 12.1. The third-order valence-corrected chi connectivity index (χ3v) is 7.51. The normalized spacial score (nSPS) is 20.9. The molecule has 0 bridgehead atoms. The molecule has 7 nitrogen and oxygen atoms in total. The number of hydrogen-bond acceptors (Lipinski definition) is 4. The molecule has 1 saturated carbocycles. The number of amides is 1. The molecule has 1 aliphatic heterocycles. The fourth-order valence-corrected chi connectivity index (χ4v) is 4.83. The lowest BCUT2D eigenvalue weighted by Gasteiger charge is -2.32. The molecule has 0 radical (unpaired) electrons. The van der Waals surface area contributed by atoms with Gasteiger partial charge in [-0.25, -0.2) is 9.78 Å². The maximum absolute atomic E-state index is 11.4. The third kappa shape index (κ3) is 3.81. The number of imidazole rings is 1. The highest BCUT2D eigenvalue weighted by Crippen LogP contribution is 2.39. The number of carboxylic acid groups (broad SMARTS) is 1. The topological polar surface area (TPSA) is 96.5 Å². The van der Waals surface area contributed by atoms with Crippen molar-refractivity contribution in [3.05, 3.63) is 48.3 Å². The molecule has 2 aliphatic rings. The number of aromatic amines is 1. The van der Waals surface area contributed by atoms with Crippen LogP contribution in [-0.2, 0) is 14.8 Å². The monoisotopic (exact) mass is 447 g/mol. The molecule has 0 spiro atoms. The van der Waals surface area contributed by atoms with Crippen LogP contribution in [0.5, 0.6) is 0 Å². The van der Waals surface area contributed by atoms with Crippen LogP contribution < -0.4 is 10.8 Å². The first-order chi connectivity index (χ1) is 15.6. The first-order valence-corrected chi connectivity index (χ1v) is 11.6. The maximum Gasteiger partial charge on any atom is 0.494 e. The van der Waals surface area contributed by atoms with Gasteiger partial charge in [0.1, 0.15) is 11.4 Å². The lowest BCUT2D eigenvalue weighted by atomic mass is 9.78. The minimum absolute atomic E-state index is 0.370. The van der Waals surface area contributed by atoms with Crippen molar-refractivity contribution in [2.75, 3.05) is 0 Å². The number of H-pyrrole nitrogens is 1. The fourth-order valence-electron chi connectivity index (χ4n) is 4.83. The fraction of sp³-hybridized carbons (Fsp3) is 0.440. The van der Waals surface area contributed by atoms with E-state index >= 15 is 0 Å². The van der Waals surface area contributed by atoms with Crippen LogP contribution in [-0.4, -0.2) is 39.5 Å². The largest absolute Gasteiger partial charge is 0.494 e. The minimum atomic E-state index is -1.01. The van der Waals surface area contributed by atoms with E-state index in [2.05, 4.69) is 56.2 Å². The molecule has 2 fully saturated rings. The summed E-state index contributed by atoms with van der Waals surface area (Å²) in [5.74, 6) is 0.700. The standard InChI is InChI=1S/C25H30BN3O4/c1-23(2)24(3,4)33-26(32-23)18-10-7-16(8-11-18)17-9-12-19-20(15-17)28-21(27-19)25(29-22(30)31)13-5-6-14-25/h7-12,15,29H,5-6,13-14H2,1-4H3,(H,27,28)(H,30,31). The Balaban J connectivity index is 1.41. The lowest BCUT2D eigenvalue weighted by molar-refractivity contribution is 0.00578. The Hall–Kier alpha value is -2.84. The highest BCUT2D eigenvalue weighted by atomic mass is 16.7. The molecule has 1 saturated heterocycles. The van der Waals surface area contributed by atoms with Crippen molar-refractivity contribution in [3.63, 3.8) is 0 Å². The van der Waals surface area contributed by atoms with Crippen molar-refractivity contribution in [1.82, 2.24) is 15.3 Å². The van der Waals surface area contributed by atoms with Gasteiger partial charge in [-0.05, 0) is 69.3 Å². The van der Waals surface area contributed by atoms with Gasteiger partial charge in [0.05, 0.1) is 22.2 Å². The number of nitrogens with one attached hydrogen (secondary N) is 2. The van der Waals surface area contributed by atoms with E-state index in [-0.39, 0.29) is 18.3 Å². The third-order valence-electron chi connectivity index (χ3n) is 7.51. The summed E-state index contributed by atoms with van der Waals surface area (Å²) < 4.78 is 12.3. The molecular formula is C25H30BN3O4. The van der Waals surface area contributed by atoms with Crippen molar-refractivity contribution in [2.24, 2.45) is 0 Å². The maximum atomic E-state index is 11.4. The van der Waals surface area contributed by atoms with Gasteiger partial charge in [-0.15, -0.1) is 0 Å². The number of carbonyl (C=O) groups is 1. The van der Waals surface area contributed by atoms with E-state index in [0.717, 1.165) is 53.3 Å². The molecule has 0 unspecified atom stereocenters. The summed E-state index contributed by atoms with van der Waals surface area (Å²) in [4.78, 5) is 19.6. The van der Waals surface area contributed by atoms with Crippen LogP contribution in [0.4, 0.5) is 4.79 Å². The predicted molar refractivity (Wildman–Crippen MR) is 129 cm³/mol. The molecule has 33 heavy (non-hydrogen) atoms. The number of aromatic nitrogens is 2. The van der Waals surface area contributed by atoms with E-state index in [1.807, 2.05) is 24.3 Å². The molecule has 1 aliphatic carbocycles. The van der Waals surface area contributed by atoms with E-state index in [1.165, 1.54) is 0 Å². The summed E-state index contributed by atoms with van der Waals surface area (Å²) in [6, 6.07) is 14.3. The first kappa shape index (κ1) is 22.0. The second-order valence-corrected chi connectivity index (χ2v) is 10.2. The first-order valence-electron chi connectivity index (χ1n) is 11.6. The molecule has 0 atom stereocenters. The van der Waals surface area contributed by atoms with Crippen molar-refractivity contribution >= 4 is 29.7 Å². The second kappa shape index (κ2) is 7.60. The Labute approximate surface area is 194 Å². The van der Waals surface area contributed by atoms with E-state index in [4.69, 9.17) is 14.3 Å². The second-order valence-electron chi connectivity index (χ2n) is 10.2. The van der Waals surface area contributed by atoms with Crippen LogP contribution in [0.25, 0.3) is 22.2 Å². The van der Waals surface area contributed by atoms with E-state index in [0.29, 0.717) is 5.82 Å². The zero-order valence-electron chi connectivity index (χ0n) is 19.6. The summed E-state index contributed by atoms with van der Waals surface area (Å²) in [7, 11) is -0.384. The summed E-state index contributed by atoms with van der Waals surface area (Å²) in [6.45, 7) is 8.21. The number of fused-ring (bicyclic) bond motifs is 1. The van der Waals surface area contributed by atoms with Gasteiger partial charge in [0.2, 0.25) is 0 Å². The summed E-state index contributed by atoms with van der Waals surface area (Å²) in [6.07, 6.45) is 2.47. The molecule has 1 amide bonds. The number of rotatable bonds is 4. The Kier molecular flexibility index (Phi) is 5.06. The molecule has 8 heteroatoms. The molecule has 1 aromatic heterocycles. The summed E-state index contributed by atoms with van der Waals surface area (Å²) in [5.41, 5.74) is 3.47. The van der Waals surface area contributed by atoms with E-state index in [9.17, 15) is 9.90 Å². The van der Waals surface area contributed by atoms with Crippen LogP contribution >= 0.6 is 0 Å². The van der Waals surface area contributed by atoms with Gasteiger partial charge in [-0.3, -0.25) is 0 Å². The van der Waals surface area contributed by atoms with Gasteiger partial charge in [0.15, 0.2) is 0 Å². The van der Waals surface area contributed by atoms with Crippen LogP contribution in [0.1, 0.15) is 59.2 Å². The number of hydrogen-bond donors (Lipinski definition) is 3. The van der Waals surface area contributed by atoms with Gasteiger partial charge in [0.25, 0.3) is 0 Å². The van der Waals surface area contributed by atoms with Gasteiger partial charge < -0.3 is 24.7 Å². The molecule has 172 valence electrons. The van der Waals surface area contributed by atoms with E-state index in [1.54, 1.807) is 0 Å². The van der Waals surface area contributed by atoms with Crippen LogP contribution in [0, 0.1) is 0 Å². The van der Waals surface area contributed by atoms with Gasteiger partial charge in [-0.1, -0.05) is 43.2 Å². The molecule has 3 aromatic rings.